The van der Waals surface area contributed by atoms with Crippen LogP contribution in [0.1, 0.15) is 57.1 Å². The van der Waals surface area contributed by atoms with Crippen LogP contribution in [0.3, 0.4) is 0 Å². The highest BCUT2D eigenvalue weighted by atomic mass is 19.2. The average Bonchev–Trinajstić information content (AvgIpc) is 3.49. The third kappa shape index (κ3) is 12.4. The fourth-order valence-corrected chi connectivity index (χ4v) is 4.97. The Balaban J connectivity index is 0.000000749. The van der Waals surface area contributed by atoms with E-state index in [0.717, 1.165) is 39.5 Å². The smallest absolute Gasteiger partial charge is 0.204 e. The number of nitrogens with one attached hydrogen (secondary N) is 2. The number of aliphatic hydroxyl groups excluding tert-OH is 1. The molecule has 4 atom stereocenters. The quantitative estimate of drug-likeness (QED) is 0.358. The molecular formula is C30H50F2N4O3. The number of benzene rings is 2. The largest absolute Gasteiger partial charge is 0.400 e. The van der Waals surface area contributed by atoms with E-state index in [0.29, 0.717) is 29.1 Å². The maximum atomic E-state index is 13.3. The van der Waals surface area contributed by atoms with Gasteiger partial charge in [-0.25, -0.2) is 8.78 Å². The first-order valence-electron chi connectivity index (χ1n) is 13.5. The zero-order chi connectivity index (χ0) is 29.8. The summed E-state index contributed by atoms with van der Waals surface area (Å²) in [4.78, 5) is 8.58. The molecule has 0 radical (unpaired) electrons. The minimum absolute atomic E-state index is 0.250. The molecule has 0 aromatic heterocycles. The highest BCUT2D eigenvalue weighted by Crippen LogP contribution is 2.62. The van der Waals surface area contributed by atoms with Crippen LogP contribution in [0.25, 0.3) is 0 Å². The number of fused-ring (bicyclic) bond motifs is 1. The lowest BCUT2D eigenvalue weighted by Gasteiger charge is -2.30. The van der Waals surface area contributed by atoms with Crippen molar-refractivity contribution in [2.24, 2.45) is 17.4 Å². The molecule has 0 spiro atoms. The summed E-state index contributed by atoms with van der Waals surface area (Å²) in [5.41, 5.74) is 13.5. The third-order valence-corrected chi connectivity index (χ3v) is 6.72. The van der Waals surface area contributed by atoms with E-state index in [1.54, 1.807) is 20.3 Å². The molecule has 3 aliphatic rings. The molecule has 2 aromatic carbocycles. The third-order valence-electron chi connectivity index (χ3n) is 6.72. The molecule has 0 bridgehead atoms. The summed E-state index contributed by atoms with van der Waals surface area (Å²) >= 11 is 0. The van der Waals surface area contributed by atoms with Gasteiger partial charge in [0.05, 0.1) is 0 Å². The molecule has 1 saturated heterocycles. The van der Waals surface area contributed by atoms with Crippen LogP contribution in [0.5, 0.6) is 0 Å². The van der Waals surface area contributed by atoms with Gasteiger partial charge in [-0.1, -0.05) is 43.7 Å². The van der Waals surface area contributed by atoms with Crippen molar-refractivity contribution in [3.05, 3.63) is 65.2 Å². The van der Waals surface area contributed by atoms with Crippen molar-refractivity contribution in [1.29, 1.82) is 0 Å². The predicted octanol–water partition coefficient (Wildman–Crippen LogP) is 4.50. The second-order valence-corrected chi connectivity index (χ2v) is 9.47. The van der Waals surface area contributed by atoms with Gasteiger partial charge < -0.3 is 31.9 Å². The second-order valence-electron chi connectivity index (χ2n) is 9.47. The number of aliphatic hydroxyl groups is 1. The zero-order valence-electron chi connectivity index (χ0n) is 24.5. The van der Waals surface area contributed by atoms with Gasteiger partial charge in [0.2, 0.25) is 6.41 Å². The van der Waals surface area contributed by atoms with E-state index in [2.05, 4.69) is 52.3 Å². The Bertz CT molecular complexity index is 929. The molecular weight excluding hydrogens is 502 g/mol. The summed E-state index contributed by atoms with van der Waals surface area (Å²) in [6.45, 7) is 8.27. The van der Waals surface area contributed by atoms with Crippen molar-refractivity contribution in [2.75, 3.05) is 39.7 Å². The van der Waals surface area contributed by atoms with Crippen LogP contribution in [-0.4, -0.2) is 58.0 Å². The van der Waals surface area contributed by atoms with Crippen LogP contribution in [0, 0.1) is 24.5 Å². The van der Waals surface area contributed by atoms with Gasteiger partial charge in [-0.15, -0.1) is 0 Å². The van der Waals surface area contributed by atoms with Crippen LogP contribution in [0.15, 0.2) is 42.5 Å². The van der Waals surface area contributed by atoms with E-state index in [1.165, 1.54) is 36.1 Å². The molecule has 2 saturated carbocycles. The van der Waals surface area contributed by atoms with Crippen LogP contribution in [0.4, 0.5) is 14.5 Å². The first-order valence-corrected chi connectivity index (χ1v) is 13.5. The van der Waals surface area contributed by atoms with E-state index in [1.807, 2.05) is 13.8 Å². The monoisotopic (exact) mass is 552 g/mol. The molecule has 2 aliphatic carbocycles. The van der Waals surface area contributed by atoms with Gasteiger partial charge >= 0.3 is 0 Å². The van der Waals surface area contributed by atoms with E-state index < -0.39 is 11.6 Å². The molecule has 4 unspecified atom stereocenters. The fraction of sp³-hybridized carbons (Fsp3) is 0.567. The number of halogens is 2. The molecule has 7 N–H and O–H groups in total. The number of amides is 1. The summed E-state index contributed by atoms with van der Waals surface area (Å²) < 4.78 is 30.6. The molecule has 9 heteroatoms. The Morgan fingerprint density at radius 2 is 1.74 bits per heavy atom. The number of aryl methyl sites for hydroxylation is 1. The van der Waals surface area contributed by atoms with Crippen molar-refractivity contribution in [3.63, 3.8) is 0 Å². The van der Waals surface area contributed by atoms with E-state index in [-0.39, 0.29) is 6.41 Å². The SMILES string of the molecule is CC.CO.COC.Cc1cccc(C23CCC(Nc4ccc(F)c(F)c4)CC2C3)c1.NC1CCNC1.NC=O. The highest BCUT2D eigenvalue weighted by Gasteiger charge is 2.57. The number of carbonyl (C=O) groups excluding carboxylic acids is 1. The highest BCUT2D eigenvalue weighted by molar-refractivity contribution is 5.45. The van der Waals surface area contributed by atoms with Crippen molar-refractivity contribution >= 4 is 12.1 Å². The lowest BCUT2D eigenvalue weighted by Crippen LogP contribution is -2.29. The number of anilines is 1. The van der Waals surface area contributed by atoms with Gasteiger partial charge in [0, 0.05) is 51.7 Å². The van der Waals surface area contributed by atoms with Crippen molar-refractivity contribution in [2.45, 2.75) is 70.4 Å². The molecule has 1 aliphatic heterocycles. The average molecular weight is 553 g/mol. The number of nitrogens with two attached hydrogens (primary N) is 2. The predicted molar refractivity (Wildman–Crippen MR) is 157 cm³/mol. The second kappa shape index (κ2) is 20.3. The summed E-state index contributed by atoms with van der Waals surface area (Å²) in [5.74, 6) is -0.868. The van der Waals surface area contributed by atoms with E-state index >= 15 is 0 Å². The Hall–Kier alpha value is -2.59. The van der Waals surface area contributed by atoms with Crippen LogP contribution >= 0.6 is 0 Å². The van der Waals surface area contributed by atoms with Crippen molar-refractivity contribution < 1.29 is 23.4 Å². The molecule has 1 amide bonds. The number of hydrogen-bond acceptors (Lipinski definition) is 6. The fourth-order valence-electron chi connectivity index (χ4n) is 4.97. The number of carbonyl (C=O) groups is 1. The topological polar surface area (TPSA) is 123 Å². The Morgan fingerprint density at radius 3 is 2.21 bits per heavy atom. The number of ether oxygens (including phenoxy) is 1. The summed E-state index contributed by atoms with van der Waals surface area (Å²) in [6, 6.07) is 13.7. The van der Waals surface area contributed by atoms with Crippen molar-refractivity contribution in [1.82, 2.24) is 5.32 Å². The molecule has 2 aromatic rings. The molecule has 222 valence electrons. The number of primary amides is 1. The van der Waals surface area contributed by atoms with E-state index in [9.17, 15) is 8.78 Å². The van der Waals surface area contributed by atoms with Gasteiger partial charge in [-0.2, -0.15) is 0 Å². The Labute approximate surface area is 233 Å². The number of rotatable bonds is 3. The first-order chi connectivity index (χ1) is 18.8. The first kappa shape index (κ1) is 36.4. The van der Waals surface area contributed by atoms with Gasteiger partial charge in [0.1, 0.15) is 0 Å². The zero-order valence-corrected chi connectivity index (χ0v) is 24.5. The minimum atomic E-state index is -0.792. The Morgan fingerprint density at radius 1 is 1.10 bits per heavy atom. The standard InChI is InChI=1S/C20H21F2N.C4H10N2.C2H6O.C2H6.CH3NO.CH4O/c1-13-3-2-4-14(9-13)20-8-7-17(10-15(20)12-20)23-16-5-6-18(21)19(22)11-16;5-4-1-2-6-3-4;1-3-2;1-2;2-1-3;1-2/h2-6,9,11,15,17,23H,7-8,10,12H2,1H3;4,6H,1-3,5H2;1-2H3;1-2H3;1H,(H2,2,3);2H,1H3. The summed E-state index contributed by atoms with van der Waals surface area (Å²) in [5, 5.41) is 13.5. The van der Waals surface area contributed by atoms with Gasteiger partial charge in [-0.3, -0.25) is 4.79 Å². The molecule has 7 nitrogen and oxygen atoms in total. The maximum absolute atomic E-state index is 13.3. The number of hydrogen-bond donors (Lipinski definition) is 5. The molecule has 1 heterocycles. The van der Waals surface area contributed by atoms with Crippen LogP contribution in [-0.2, 0) is 14.9 Å². The van der Waals surface area contributed by atoms with Gasteiger partial charge in [0.25, 0.3) is 0 Å². The van der Waals surface area contributed by atoms with Gasteiger partial charge in [0.15, 0.2) is 11.6 Å². The number of methoxy groups -OCH3 is 1. The Kier molecular flexibility index (Phi) is 19.0. The lowest BCUT2D eigenvalue weighted by molar-refractivity contribution is -0.106. The molecule has 5 rings (SSSR count). The van der Waals surface area contributed by atoms with Crippen molar-refractivity contribution in [3.8, 4) is 0 Å². The normalized spacial score (nSPS) is 23.5. The molecule has 3 fully saturated rings. The molecule has 39 heavy (non-hydrogen) atoms. The lowest BCUT2D eigenvalue weighted by atomic mass is 9.80. The summed E-state index contributed by atoms with van der Waals surface area (Å²) in [6.07, 6.45) is 6.01. The van der Waals surface area contributed by atoms with Gasteiger partial charge in [-0.05, 0) is 74.6 Å². The van der Waals surface area contributed by atoms with E-state index in [4.69, 9.17) is 15.6 Å². The van der Waals surface area contributed by atoms with Crippen LogP contribution in [0.2, 0.25) is 0 Å². The summed E-state index contributed by atoms with van der Waals surface area (Å²) in [7, 11) is 4.25. The maximum Gasteiger partial charge on any atom is 0.204 e. The van der Waals surface area contributed by atoms with Crippen LogP contribution < -0.4 is 22.1 Å². The minimum Gasteiger partial charge on any atom is -0.400 e.